The van der Waals surface area contributed by atoms with E-state index in [4.69, 9.17) is 4.74 Å². The van der Waals surface area contributed by atoms with E-state index < -0.39 is 0 Å². The molecule has 0 atom stereocenters. The van der Waals surface area contributed by atoms with Crippen LogP contribution in [0.4, 0.5) is 0 Å². The molecule has 1 aliphatic heterocycles. The number of pyridine rings is 2. The van der Waals surface area contributed by atoms with Crippen molar-refractivity contribution in [2.75, 3.05) is 20.2 Å². The van der Waals surface area contributed by atoms with Gasteiger partial charge in [-0.2, -0.15) is 0 Å². The first-order valence-electron chi connectivity index (χ1n) is 10.6. The molecule has 1 aromatic carbocycles. The highest BCUT2D eigenvalue weighted by atomic mass is 16.5. The van der Waals surface area contributed by atoms with Gasteiger partial charge in [-0.3, -0.25) is 14.7 Å². The van der Waals surface area contributed by atoms with Crippen molar-refractivity contribution in [3.05, 3.63) is 77.1 Å². The number of rotatable bonds is 5. The topological polar surface area (TPSA) is 76.0 Å². The number of methoxy groups -OCH3 is 1. The van der Waals surface area contributed by atoms with Gasteiger partial charge in [-0.15, -0.1) is 0 Å². The van der Waals surface area contributed by atoms with Gasteiger partial charge in [0.1, 0.15) is 11.6 Å². The lowest BCUT2D eigenvalue weighted by atomic mass is 10.0. The lowest BCUT2D eigenvalue weighted by molar-refractivity contribution is 0.180. The Morgan fingerprint density at radius 3 is 2.81 bits per heavy atom. The Morgan fingerprint density at radius 1 is 1.16 bits per heavy atom. The quantitative estimate of drug-likeness (QED) is 0.539. The third-order valence-corrected chi connectivity index (χ3v) is 6.04. The molecule has 0 amide bonds. The first-order valence-corrected chi connectivity index (χ1v) is 10.6. The van der Waals surface area contributed by atoms with Crippen LogP contribution in [0.5, 0.6) is 5.75 Å². The minimum atomic E-state index is -0.126. The predicted octanol–water partition coefficient (Wildman–Crippen LogP) is 3.63. The van der Waals surface area contributed by atoms with Gasteiger partial charge in [-0.05, 0) is 48.7 Å². The van der Waals surface area contributed by atoms with Crippen molar-refractivity contribution in [1.29, 1.82) is 0 Å². The molecule has 7 heteroatoms. The molecule has 3 aromatic heterocycles. The van der Waals surface area contributed by atoms with E-state index in [1.54, 1.807) is 19.5 Å². The van der Waals surface area contributed by atoms with Gasteiger partial charge in [0, 0.05) is 61.4 Å². The van der Waals surface area contributed by atoms with Crippen LogP contribution in [-0.4, -0.2) is 44.6 Å². The molecule has 1 saturated heterocycles. The SMILES string of the molecule is COc1ccc2[nH]c(=O)c(-c3nccn3C3CCN(Cc4cccnc4)CC3)cc2c1. The summed E-state index contributed by atoms with van der Waals surface area (Å²) < 4.78 is 7.50. The van der Waals surface area contributed by atoms with Gasteiger partial charge in [-0.1, -0.05) is 6.07 Å². The zero-order chi connectivity index (χ0) is 21.2. The van der Waals surface area contributed by atoms with Crippen LogP contribution < -0.4 is 10.3 Å². The fraction of sp³-hybridized carbons (Fsp3) is 0.292. The van der Waals surface area contributed by atoms with E-state index in [1.807, 2.05) is 42.7 Å². The average Bonchev–Trinajstić information content (AvgIpc) is 3.29. The molecule has 4 heterocycles. The molecule has 1 aliphatic rings. The summed E-state index contributed by atoms with van der Waals surface area (Å²) >= 11 is 0. The molecule has 1 N–H and O–H groups in total. The Hall–Kier alpha value is -3.45. The summed E-state index contributed by atoms with van der Waals surface area (Å²) in [5.41, 5.74) is 2.49. The van der Waals surface area contributed by atoms with Crippen LogP contribution in [0.25, 0.3) is 22.3 Å². The molecule has 0 aliphatic carbocycles. The summed E-state index contributed by atoms with van der Waals surface area (Å²) in [6.45, 7) is 2.93. The van der Waals surface area contributed by atoms with Gasteiger partial charge in [0.05, 0.1) is 12.7 Å². The van der Waals surface area contributed by atoms with Crippen LogP contribution in [0.2, 0.25) is 0 Å². The number of nitrogens with zero attached hydrogens (tertiary/aromatic N) is 4. The highest BCUT2D eigenvalue weighted by molar-refractivity contribution is 5.83. The first kappa shape index (κ1) is 19.5. The molecule has 0 bridgehead atoms. The van der Waals surface area contributed by atoms with E-state index in [-0.39, 0.29) is 5.56 Å². The van der Waals surface area contributed by atoms with Crippen LogP contribution >= 0.6 is 0 Å². The second-order valence-electron chi connectivity index (χ2n) is 7.99. The van der Waals surface area contributed by atoms with Crippen molar-refractivity contribution in [2.24, 2.45) is 0 Å². The van der Waals surface area contributed by atoms with Gasteiger partial charge >= 0.3 is 0 Å². The van der Waals surface area contributed by atoms with Gasteiger partial charge in [-0.25, -0.2) is 4.98 Å². The van der Waals surface area contributed by atoms with Crippen molar-refractivity contribution >= 4 is 10.9 Å². The molecule has 31 heavy (non-hydrogen) atoms. The largest absolute Gasteiger partial charge is 0.497 e. The van der Waals surface area contributed by atoms with E-state index in [9.17, 15) is 4.79 Å². The number of fused-ring (bicyclic) bond motifs is 1. The summed E-state index contributed by atoms with van der Waals surface area (Å²) in [7, 11) is 1.64. The standard InChI is InChI=1S/C24H25N5O2/c1-31-20-4-5-22-18(13-20)14-21(24(30)27-22)23-26-9-12-29(23)19-6-10-28(11-7-19)16-17-3-2-8-25-15-17/h2-5,8-9,12-15,19H,6-7,10-11,16H2,1H3,(H,27,30). The number of aromatic nitrogens is 4. The van der Waals surface area contributed by atoms with Gasteiger partial charge in [0.15, 0.2) is 0 Å². The zero-order valence-electron chi connectivity index (χ0n) is 17.5. The molecule has 158 valence electrons. The minimum Gasteiger partial charge on any atom is -0.497 e. The zero-order valence-corrected chi connectivity index (χ0v) is 17.5. The normalized spacial score (nSPS) is 15.4. The molecular formula is C24H25N5O2. The van der Waals surface area contributed by atoms with Crippen molar-refractivity contribution in [3.63, 3.8) is 0 Å². The maximum Gasteiger partial charge on any atom is 0.259 e. The summed E-state index contributed by atoms with van der Waals surface area (Å²) in [4.78, 5) is 27.0. The number of imidazole rings is 1. The molecule has 4 aromatic rings. The lowest BCUT2D eigenvalue weighted by Crippen LogP contribution is -2.34. The monoisotopic (exact) mass is 415 g/mol. The Morgan fingerprint density at radius 2 is 2.03 bits per heavy atom. The number of aromatic amines is 1. The van der Waals surface area contributed by atoms with E-state index in [0.717, 1.165) is 55.0 Å². The number of H-pyrrole nitrogens is 1. The molecule has 0 radical (unpaired) electrons. The van der Waals surface area contributed by atoms with E-state index in [2.05, 4.69) is 30.5 Å². The van der Waals surface area contributed by atoms with Crippen molar-refractivity contribution in [3.8, 4) is 17.1 Å². The third kappa shape index (κ3) is 3.96. The molecular weight excluding hydrogens is 390 g/mol. The molecule has 5 rings (SSSR count). The van der Waals surface area contributed by atoms with Gasteiger partial charge in [0.25, 0.3) is 5.56 Å². The van der Waals surface area contributed by atoms with E-state index in [0.29, 0.717) is 11.6 Å². The maximum atomic E-state index is 12.8. The Labute approximate surface area is 180 Å². The maximum absolute atomic E-state index is 12.8. The molecule has 0 spiro atoms. The molecule has 0 saturated carbocycles. The van der Waals surface area contributed by atoms with Crippen molar-refractivity contribution in [1.82, 2.24) is 24.4 Å². The predicted molar refractivity (Wildman–Crippen MR) is 120 cm³/mol. The summed E-state index contributed by atoms with van der Waals surface area (Å²) in [6, 6.07) is 12.0. The van der Waals surface area contributed by atoms with Crippen LogP contribution in [0.3, 0.4) is 0 Å². The Balaban J connectivity index is 1.38. The lowest BCUT2D eigenvalue weighted by Gasteiger charge is -2.33. The first-order chi connectivity index (χ1) is 15.2. The van der Waals surface area contributed by atoms with Crippen LogP contribution in [0.15, 0.2) is 66.0 Å². The van der Waals surface area contributed by atoms with Gasteiger partial charge in [0.2, 0.25) is 0 Å². The van der Waals surface area contributed by atoms with Crippen LogP contribution in [-0.2, 0) is 6.54 Å². The number of ether oxygens (including phenoxy) is 1. The van der Waals surface area contributed by atoms with Crippen molar-refractivity contribution < 1.29 is 4.74 Å². The Kier molecular flexibility index (Phi) is 5.26. The number of hydrogen-bond donors (Lipinski definition) is 1. The number of likely N-dealkylation sites (tertiary alicyclic amines) is 1. The second kappa shape index (κ2) is 8.35. The fourth-order valence-corrected chi connectivity index (χ4v) is 4.40. The van der Waals surface area contributed by atoms with Crippen molar-refractivity contribution in [2.45, 2.75) is 25.4 Å². The third-order valence-electron chi connectivity index (χ3n) is 6.04. The highest BCUT2D eigenvalue weighted by Gasteiger charge is 2.23. The number of nitrogens with one attached hydrogen (secondary N) is 1. The molecule has 7 nitrogen and oxygen atoms in total. The summed E-state index contributed by atoms with van der Waals surface area (Å²) in [6.07, 6.45) is 9.55. The minimum absolute atomic E-state index is 0.126. The number of benzene rings is 1. The molecule has 1 fully saturated rings. The molecule has 0 unspecified atom stereocenters. The average molecular weight is 415 g/mol. The summed E-state index contributed by atoms with van der Waals surface area (Å²) in [5.74, 6) is 1.48. The Bertz CT molecular complexity index is 1240. The van der Waals surface area contributed by atoms with E-state index >= 15 is 0 Å². The number of piperidine rings is 1. The van der Waals surface area contributed by atoms with E-state index in [1.165, 1.54) is 5.56 Å². The fourth-order valence-electron chi connectivity index (χ4n) is 4.40. The summed E-state index contributed by atoms with van der Waals surface area (Å²) in [5, 5.41) is 0.926. The smallest absolute Gasteiger partial charge is 0.259 e. The van der Waals surface area contributed by atoms with Crippen LogP contribution in [0.1, 0.15) is 24.4 Å². The highest BCUT2D eigenvalue weighted by Crippen LogP contribution is 2.29. The van der Waals surface area contributed by atoms with Gasteiger partial charge < -0.3 is 14.3 Å². The number of hydrogen-bond acceptors (Lipinski definition) is 5. The van der Waals surface area contributed by atoms with Crippen LogP contribution in [0, 0.1) is 0 Å². The second-order valence-corrected chi connectivity index (χ2v) is 7.99.